The van der Waals surface area contributed by atoms with E-state index >= 15 is 0 Å². The third-order valence-corrected chi connectivity index (χ3v) is 4.06. The molecule has 1 atom stereocenters. The molecule has 0 saturated carbocycles. The Morgan fingerprint density at radius 1 is 1.53 bits per heavy atom. The molecule has 0 radical (unpaired) electrons. The molecular formula is C12H15NO3S. The second kappa shape index (κ2) is 4.87. The highest BCUT2D eigenvalue weighted by Crippen LogP contribution is 2.30. The Kier molecular flexibility index (Phi) is 3.47. The Balaban J connectivity index is 1.97. The minimum Gasteiger partial charge on any atom is -0.481 e. The van der Waals surface area contributed by atoms with Crippen LogP contribution in [0, 0.1) is 0 Å². The molecule has 2 N–H and O–H groups in total. The van der Waals surface area contributed by atoms with Gasteiger partial charge in [0, 0.05) is 10.9 Å². The maximum Gasteiger partial charge on any atom is 0.305 e. The highest BCUT2D eigenvalue weighted by molar-refractivity contribution is 7.14. The van der Waals surface area contributed by atoms with Crippen molar-refractivity contribution in [3.8, 4) is 0 Å². The molecule has 1 unspecified atom stereocenters. The number of aryl methyl sites for hydroxylation is 2. The van der Waals surface area contributed by atoms with Crippen molar-refractivity contribution in [3.05, 3.63) is 21.4 Å². The molecule has 2 rings (SSSR count). The van der Waals surface area contributed by atoms with Crippen LogP contribution in [0.15, 0.2) is 6.07 Å². The first-order valence-electron chi connectivity index (χ1n) is 5.70. The number of carboxylic acid groups (broad SMARTS) is 1. The Morgan fingerprint density at radius 2 is 2.29 bits per heavy atom. The lowest BCUT2D eigenvalue weighted by molar-refractivity contribution is -0.137. The number of carboxylic acids is 1. The lowest BCUT2D eigenvalue weighted by Crippen LogP contribution is -2.33. The molecule has 5 heteroatoms. The molecule has 0 fully saturated rings. The van der Waals surface area contributed by atoms with Gasteiger partial charge in [-0.05, 0) is 37.8 Å². The number of hydrogen-bond donors (Lipinski definition) is 2. The summed E-state index contributed by atoms with van der Waals surface area (Å²) < 4.78 is 0. The van der Waals surface area contributed by atoms with Gasteiger partial charge < -0.3 is 10.4 Å². The normalized spacial score (nSPS) is 15.4. The zero-order chi connectivity index (χ0) is 12.4. The fourth-order valence-electron chi connectivity index (χ4n) is 2.05. The van der Waals surface area contributed by atoms with E-state index in [1.807, 2.05) is 6.07 Å². The van der Waals surface area contributed by atoms with Gasteiger partial charge in [0.2, 0.25) is 0 Å². The maximum absolute atomic E-state index is 11.8. The van der Waals surface area contributed by atoms with Crippen LogP contribution in [0.5, 0.6) is 0 Å². The molecule has 0 bridgehead atoms. The summed E-state index contributed by atoms with van der Waals surface area (Å²) in [5, 5.41) is 11.3. The zero-order valence-electron chi connectivity index (χ0n) is 9.66. The molecule has 1 aromatic rings. The molecule has 0 aliphatic heterocycles. The van der Waals surface area contributed by atoms with E-state index in [0.29, 0.717) is 4.88 Å². The smallest absolute Gasteiger partial charge is 0.305 e. The summed E-state index contributed by atoms with van der Waals surface area (Å²) in [5.41, 5.74) is 1.28. The highest BCUT2D eigenvalue weighted by Gasteiger charge is 2.19. The number of amides is 1. The summed E-state index contributed by atoms with van der Waals surface area (Å²) >= 11 is 1.53. The predicted molar refractivity (Wildman–Crippen MR) is 65.5 cm³/mol. The summed E-state index contributed by atoms with van der Waals surface area (Å²) in [7, 11) is 0. The molecular weight excluding hydrogens is 238 g/mol. The number of thiophene rings is 1. The fraction of sp³-hybridized carbons (Fsp3) is 0.500. The summed E-state index contributed by atoms with van der Waals surface area (Å²) in [6.07, 6.45) is 3.26. The van der Waals surface area contributed by atoms with Crippen LogP contribution in [0.1, 0.15) is 39.9 Å². The van der Waals surface area contributed by atoms with Crippen molar-refractivity contribution >= 4 is 23.2 Å². The van der Waals surface area contributed by atoms with E-state index in [4.69, 9.17) is 5.11 Å². The van der Waals surface area contributed by atoms with Gasteiger partial charge in [-0.1, -0.05) is 0 Å². The number of aliphatic carboxylic acids is 1. The van der Waals surface area contributed by atoms with Crippen LogP contribution in [0.25, 0.3) is 0 Å². The van der Waals surface area contributed by atoms with Crippen LogP contribution in [-0.2, 0) is 17.6 Å². The fourth-order valence-corrected chi connectivity index (χ4v) is 3.21. The molecule has 1 heterocycles. The molecule has 92 valence electrons. The third kappa shape index (κ3) is 2.85. The number of carbonyl (C=O) groups excluding carboxylic acids is 1. The molecule has 1 aliphatic rings. The Morgan fingerprint density at radius 3 is 2.94 bits per heavy atom. The topological polar surface area (TPSA) is 66.4 Å². The zero-order valence-corrected chi connectivity index (χ0v) is 10.5. The Labute approximate surface area is 104 Å². The van der Waals surface area contributed by atoms with E-state index in [1.54, 1.807) is 6.92 Å². The van der Waals surface area contributed by atoms with Crippen molar-refractivity contribution in [2.24, 2.45) is 0 Å². The van der Waals surface area contributed by atoms with Gasteiger partial charge in [-0.25, -0.2) is 0 Å². The second-order valence-corrected chi connectivity index (χ2v) is 5.52. The Hall–Kier alpha value is -1.36. The largest absolute Gasteiger partial charge is 0.481 e. The van der Waals surface area contributed by atoms with Gasteiger partial charge >= 0.3 is 5.97 Å². The average Bonchev–Trinajstić information content (AvgIpc) is 2.73. The second-order valence-electron chi connectivity index (χ2n) is 4.38. The summed E-state index contributed by atoms with van der Waals surface area (Å²) in [5.74, 6) is -1.05. The van der Waals surface area contributed by atoms with Crippen LogP contribution in [0.2, 0.25) is 0 Å². The first-order valence-corrected chi connectivity index (χ1v) is 6.52. The SMILES string of the molecule is CC(CC(=O)O)NC(=O)c1cc2c(s1)CCC2. The van der Waals surface area contributed by atoms with E-state index in [2.05, 4.69) is 5.32 Å². The van der Waals surface area contributed by atoms with Gasteiger partial charge in [0.25, 0.3) is 5.91 Å². The minimum atomic E-state index is -0.897. The van der Waals surface area contributed by atoms with Gasteiger partial charge in [-0.2, -0.15) is 0 Å². The molecule has 1 aromatic heterocycles. The number of fused-ring (bicyclic) bond motifs is 1. The van der Waals surface area contributed by atoms with E-state index in [-0.39, 0.29) is 18.4 Å². The lowest BCUT2D eigenvalue weighted by atomic mass is 10.2. The number of carbonyl (C=O) groups is 2. The highest BCUT2D eigenvalue weighted by atomic mass is 32.1. The third-order valence-electron chi connectivity index (χ3n) is 2.83. The van der Waals surface area contributed by atoms with Crippen LogP contribution >= 0.6 is 11.3 Å². The van der Waals surface area contributed by atoms with Gasteiger partial charge in [0.1, 0.15) is 0 Å². The number of hydrogen-bond acceptors (Lipinski definition) is 3. The first kappa shape index (κ1) is 12.1. The van der Waals surface area contributed by atoms with Gasteiger partial charge in [-0.15, -0.1) is 11.3 Å². The molecule has 4 nitrogen and oxygen atoms in total. The molecule has 1 amide bonds. The van der Waals surface area contributed by atoms with E-state index in [9.17, 15) is 9.59 Å². The van der Waals surface area contributed by atoms with Crippen molar-refractivity contribution in [2.45, 2.75) is 38.6 Å². The van der Waals surface area contributed by atoms with Gasteiger partial charge in [0.05, 0.1) is 11.3 Å². The molecule has 0 saturated heterocycles. The van der Waals surface area contributed by atoms with E-state index < -0.39 is 5.97 Å². The maximum atomic E-state index is 11.8. The van der Waals surface area contributed by atoms with Crippen LogP contribution in [0.4, 0.5) is 0 Å². The monoisotopic (exact) mass is 253 g/mol. The molecule has 0 spiro atoms. The lowest BCUT2D eigenvalue weighted by Gasteiger charge is -2.10. The molecule has 1 aliphatic carbocycles. The molecule has 17 heavy (non-hydrogen) atoms. The standard InChI is InChI=1S/C12H15NO3S/c1-7(5-11(14)15)13-12(16)10-6-8-3-2-4-9(8)17-10/h6-7H,2-5H2,1H3,(H,13,16)(H,14,15). The van der Waals surface area contributed by atoms with Crippen molar-refractivity contribution in [3.63, 3.8) is 0 Å². The van der Waals surface area contributed by atoms with Crippen molar-refractivity contribution < 1.29 is 14.7 Å². The predicted octanol–water partition coefficient (Wildman–Crippen LogP) is 1.83. The van der Waals surface area contributed by atoms with Crippen molar-refractivity contribution in [1.29, 1.82) is 0 Å². The van der Waals surface area contributed by atoms with Crippen LogP contribution < -0.4 is 5.32 Å². The summed E-state index contributed by atoms with van der Waals surface area (Å²) in [6, 6.07) is 1.60. The van der Waals surface area contributed by atoms with Crippen LogP contribution in [0.3, 0.4) is 0 Å². The van der Waals surface area contributed by atoms with Crippen molar-refractivity contribution in [2.75, 3.05) is 0 Å². The van der Waals surface area contributed by atoms with Crippen LogP contribution in [-0.4, -0.2) is 23.0 Å². The summed E-state index contributed by atoms with van der Waals surface area (Å²) in [6.45, 7) is 1.70. The number of rotatable bonds is 4. The summed E-state index contributed by atoms with van der Waals surface area (Å²) in [4.78, 5) is 24.3. The quantitative estimate of drug-likeness (QED) is 0.860. The van der Waals surface area contributed by atoms with E-state index in [0.717, 1.165) is 12.8 Å². The first-order chi connectivity index (χ1) is 8.06. The van der Waals surface area contributed by atoms with Gasteiger partial charge in [-0.3, -0.25) is 9.59 Å². The minimum absolute atomic E-state index is 0.0448. The van der Waals surface area contributed by atoms with E-state index in [1.165, 1.54) is 28.2 Å². The molecule has 0 aromatic carbocycles. The van der Waals surface area contributed by atoms with Crippen molar-refractivity contribution in [1.82, 2.24) is 5.32 Å². The Bertz CT molecular complexity index is 431. The average molecular weight is 253 g/mol. The van der Waals surface area contributed by atoms with Gasteiger partial charge in [0.15, 0.2) is 0 Å². The number of nitrogens with one attached hydrogen (secondary N) is 1.